The van der Waals surface area contributed by atoms with Gasteiger partial charge < -0.3 is 20.9 Å². The second kappa shape index (κ2) is 11.3. The molecule has 2 aliphatic rings. The predicted molar refractivity (Wildman–Crippen MR) is 159 cm³/mol. The van der Waals surface area contributed by atoms with E-state index in [1.165, 1.54) is 25.3 Å². The Balaban J connectivity index is 1.50. The van der Waals surface area contributed by atoms with E-state index >= 15 is 0 Å². The van der Waals surface area contributed by atoms with Crippen LogP contribution in [-0.4, -0.2) is 60.3 Å². The number of fused-ring (bicyclic) bond motifs is 1. The molecule has 1 aliphatic carbocycles. The number of nitrogens with zero attached hydrogens (tertiary/aromatic N) is 3. The molecule has 1 aromatic heterocycles. The number of anilines is 2. The Bertz CT molecular complexity index is 1520. The summed E-state index contributed by atoms with van der Waals surface area (Å²) in [4.78, 5) is 17.5. The number of amides is 1. The Morgan fingerprint density at radius 3 is 2.55 bits per heavy atom. The van der Waals surface area contributed by atoms with Crippen LogP contribution in [0.4, 0.5) is 15.8 Å². The van der Waals surface area contributed by atoms with E-state index in [9.17, 15) is 9.18 Å². The number of H-pyrrole nitrogens is 1. The highest BCUT2D eigenvalue weighted by atomic mass is 19.1. The van der Waals surface area contributed by atoms with Crippen LogP contribution < -0.4 is 16.0 Å². The van der Waals surface area contributed by atoms with Crippen molar-refractivity contribution in [2.45, 2.75) is 44.6 Å². The summed E-state index contributed by atoms with van der Waals surface area (Å²) >= 11 is 0. The number of nitrogens with two attached hydrogens (primary N) is 1. The lowest BCUT2D eigenvalue weighted by atomic mass is 9.92. The van der Waals surface area contributed by atoms with Gasteiger partial charge in [0.25, 0.3) is 5.91 Å². The van der Waals surface area contributed by atoms with Crippen LogP contribution in [0.2, 0.25) is 0 Å². The second-order valence-electron chi connectivity index (χ2n) is 11.3. The molecular formula is C32H37FN6O. The monoisotopic (exact) mass is 540 g/mol. The lowest BCUT2D eigenvalue weighted by molar-refractivity contribution is 0.100. The van der Waals surface area contributed by atoms with Crippen molar-refractivity contribution in [1.82, 2.24) is 15.1 Å². The number of hydrogen-bond acceptors (Lipinski definition) is 5. The van der Waals surface area contributed by atoms with E-state index in [-0.39, 0.29) is 11.9 Å². The molecule has 1 aliphatic heterocycles. The fourth-order valence-electron chi connectivity index (χ4n) is 6.19. The minimum absolute atomic E-state index is 0.235. The van der Waals surface area contributed by atoms with E-state index < -0.39 is 5.91 Å². The molecule has 2 fully saturated rings. The number of rotatable bonds is 7. The van der Waals surface area contributed by atoms with Crippen molar-refractivity contribution in [2.24, 2.45) is 5.73 Å². The van der Waals surface area contributed by atoms with E-state index in [2.05, 4.69) is 39.4 Å². The average Bonchev–Trinajstić information content (AvgIpc) is 3.36. The standard InChI is InChI=1S/C32H37FN6O/c1-38-14-16-39(17-15-38)28-13-11-25(32(34)40)30(35-24-8-3-2-4-9-24)29(28)31-26-20-22(10-12-27(26)36-37-31)18-21-6-5-7-23(33)19-21/h5-7,10-13,19-20,24,35H,2-4,8-9,14-18H2,1H3,(H2,34,40)(H,36,37). The zero-order chi connectivity index (χ0) is 27.6. The van der Waals surface area contributed by atoms with E-state index in [1.54, 1.807) is 12.1 Å². The molecule has 2 heterocycles. The molecule has 0 spiro atoms. The zero-order valence-electron chi connectivity index (χ0n) is 23.0. The van der Waals surface area contributed by atoms with Crippen LogP contribution in [0.15, 0.2) is 54.6 Å². The van der Waals surface area contributed by atoms with Gasteiger partial charge in [-0.25, -0.2) is 4.39 Å². The number of carbonyl (C=O) groups excluding carboxylic acids is 1. The molecule has 1 saturated carbocycles. The van der Waals surface area contributed by atoms with E-state index in [0.717, 1.165) is 83.7 Å². The number of piperazine rings is 1. The highest BCUT2D eigenvalue weighted by Crippen LogP contribution is 2.43. The van der Waals surface area contributed by atoms with Gasteiger partial charge in [-0.05, 0) is 73.8 Å². The molecular weight excluding hydrogens is 503 g/mol. The summed E-state index contributed by atoms with van der Waals surface area (Å²) in [6.07, 6.45) is 6.33. The molecule has 208 valence electrons. The maximum absolute atomic E-state index is 13.9. The third-order valence-corrected chi connectivity index (χ3v) is 8.41. The molecule has 0 unspecified atom stereocenters. The van der Waals surface area contributed by atoms with Gasteiger partial charge in [-0.1, -0.05) is 37.5 Å². The normalized spacial score (nSPS) is 16.9. The number of primary amides is 1. The van der Waals surface area contributed by atoms with Gasteiger partial charge in [0.15, 0.2) is 0 Å². The van der Waals surface area contributed by atoms with E-state index in [4.69, 9.17) is 10.8 Å². The molecule has 0 atom stereocenters. The molecule has 1 saturated heterocycles. The Hall–Kier alpha value is -3.91. The number of aromatic amines is 1. The van der Waals surface area contributed by atoms with Crippen molar-refractivity contribution in [1.29, 1.82) is 0 Å². The zero-order valence-corrected chi connectivity index (χ0v) is 23.0. The van der Waals surface area contributed by atoms with Crippen LogP contribution >= 0.6 is 0 Å². The summed E-state index contributed by atoms with van der Waals surface area (Å²) < 4.78 is 13.9. The first kappa shape index (κ1) is 26.3. The Morgan fingerprint density at radius 1 is 1.02 bits per heavy atom. The third-order valence-electron chi connectivity index (χ3n) is 8.41. The first-order chi connectivity index (χ1) is 19.5. The first-order valence-corrected chi connectivity index (χ1v) is 14.3. The van der Waals surface area contributed by atoms with Crippen molar-refractivity contribution >= 4 is 28.2 Å². The lowest BCUT2D eigenvalue weighted by Crippen LogP contribution is -2.44. The Morgan fingerprint density at radius 2 is 1.80 bits per heavy atom. The molecule has 0 radical (unpaired) electrons. The van der Waals surface area contributed by atoms with Crippen molar-refractivity contribution in [2.75, 3.05) is 43.4 Å². The molecule has 6 rings (SSSR count). The number of nitrogens with one attached hydrogen (secondary N) is 2. The van der Waals surface area contributed by atoms with Gasteiger partial charge in [0.1, 0.15) is 11.5 Å². The van der Waals surface area contributed by atoms with Crippen LogP contribution in [0.3, 0.4) is 0 Å². The van der Waals surface area contributed by atoms with E-state index in [1.807, 2.05) is 24.3 Å². The number of benzene rings is 3. The maximum atomic E-state index is 13.9. The summed E-state index contributed by atoms with van der Waals surface area (Å²) in [7, 11) is 2.14. The summed E-state index contributed by atoms with van der Waals surface area (Å²) in [6, 6.07) is 17.1. The van der Waals surface area contributed by atoms with E-state index in [0.29, 0.717) is 12.0 Å². The van der Waals surface area contributed by atoms with Crippen molar-refractivity contribution in [3.63, 3.8) is 0 Å². The highest BCUT2D eigenvalue weighted by Gasteiger charge is 2.28. The van der Waals surface area contributed by atoms with Gasteiger partial charge >= 0.3 is 0 Å². The highest BCUT2D eigenvalue weighted by molar-refractivity contribution is 6.08. The van der Waals surface area contributed by atoms with Crippen molar-refractivity contribution in [3.8, 4) is 11.3 Å². The molecule has 8 heteroatoms. The quantitative estimate of drug-likeness (QED) is 0.286. The van der Waals surface area contributed by atoms with Gasteiger partial charge in [0, 0.05) is 43.3 Å². The summed E-state index contributed by atoms with van der Waals surface area (Å²) in [5, 5.41) is 12.8. The number of carbonyl (C=O) groups is 1. The summed E-state index contributed by atoms with van der Waals surface area (Å²) in [5.74, 6) is -0.683. The molecule has 4 N–H and O–H groups in total. The van der Waals surface area contributed by atoms with Crippen molar-refractivity contribution < 1.29 is 9.18 Å². The molecule has 1 amide bonds. The summed E-state index contributed by atoms with van der Waals surface area (Å²) in [5.41, 5.74) is 12.9. The topological polar surface area (TPSA) is 90.3 Å². The smallest absolute Gasteiger partial charge is 0.250 e. The fraction of sp³-hybridized carbons (Fsp3) is 0.375. The number of likely N-dealkylation sites (N-methyl/N-ethyl adjacent to an activating group) is 1. The molecule has 3 aromatic carbocycles. The lowest BCUT2D eigenvalue weighted by Gasteiger charge is -2.36. The minimum Gasteiger partial charge on any atom is -0.381 e. The molecule has 0 bridgehead atoms. The van der Waals surface area contributed by atoms with Crippen LogP contribution in [0, 0.1) is 5.82 Å². The largest absolute Gasteiger partial charge is 0.381 e. The van der Waals surface area contributed by atoms with Gasteiger partial charge in [-0.3, -0.25) is 9.89 Å². The Kier molecular flexibility index (Phi) is 7.43. The molecule has 4 aromatic rings. The average molecular weight is 541 g/mol. The maximum Gasteiger partial charge on any atom is 0.250 e. The minimum atomic E-state index is -0.448. The molecule has 40 heavy (non-hydrogen) atoms. The first-order valence-electron chi connectivity index (χ1n) is 14.3. The van der Waals surface area contributed by atoms with Gasteiger partial charge in [0.05, 0.1) is 22.3 Å². The third kappa shape index (κ3) is 5.41. The molecule has 7 nitrogen and oxygen atoms in total. The number of aromatic nitrogens is 2. The van der Waals surface area contributed by atoms with Crippen LogP contribution in [0.5, 0.6) is 0 Å². The van der Waals surface area contributed by atoms with Gasteiger partial charge in [-0.2, -0.15) is 5.10 Å². The number of halogens is 1. The second-order valence-corrected chi connectivity index (χ2v) is 11.3. The predicted octanol–water partition coefficient (Wildman–Crippen LogP) is 5.56. The Labute approximate surface area is 234 Å². The van der Waals surface area contributed by atoms with Crippen LogP contribution in [-0.2, 0) is 6.42 Å². The summed E-state index contributed by atoms with van der Waals surface area (Å²) in [6.45, 7) is 3.69. The van der Waals surface area contributed by atoms with Gasteiger partial charge in [-0.15, -0.1) is 0 Å². The van der Waals surface area contributed by atoms with Crippen LogP contribution in [0.1, 0.15) is 53.6 Å². The van der Waals surface area contributed by atoms with Crippen LogP contribution in [0.25, 0.3) is 22.2 Å². The van der Waals surface area contributed by atoms with Crippen molar-refractivity contribution in [3.05, 3.63) is 77.1 Å². The van der Waals surface area contributed by atoms with Gasteiger partial charge in [0.2, 0.25) is 0 Å². The number of hydrogen-bond donors (Lipinski definition) is 3. The fourth-order valence-corrected chi connectivity index (χ4v) is 6.19. The SMILES string of the molecule is CN1CCN(c2ccc(C(N)=O)c(NC3CCCCC3)c2-c2n[nH]c3ccc(Cc4cccc(F)c4)cc23)CC1.